The van der Waals surface area contributed by atoms with Gasteiger partial charge in [-0.05, 0) is 35.9 Å². The molecule has 0 saturated heterocycles. The van der Waals surface area contributed by atoms with Gasteiger partial charge in [-0.1, -0.05) is 18.5 Å². The average molecular weight is 261 g/mol. The highest BCUT2D eigenvalue weighted by molar-refractivity contribution is 6.63. The van der Waals surface area contributed by atoms with E-state index in [-0.39, 0.29) is 6.61 Å². The fourth-order valence-electron chi connectivity index (χ4n) is 0.936. The van der Waals surface area contributed by atoms with Gasteiger partial charge in [0.2, 0.25) is 5.24 Å². The molecule has 0 aliphatic rings. The largest absolute Gasteiger partial charge is 0.461 e. The van der Waals surface area contributed by atoms with Gasteiger partial charge in [0.25, 0.3) is 0 Å². The van der Waals surface area contributed by atoms with Crippen LogP contribution in [-0.4, -0.2) is 17.8 Å². The van der Waals surface area contributed by atoms with E-state index in [0.29, 0.717) is 10.6 Å². The van der Waals surface area contributed by atoms with Crippen LogP contribution in [0.25, 0.3) is 0 Å². The maximum atomic E-state index is 11.5. The van der Waals surface area contributed by atoms with E-state index >= 15 is 0 Å². The Morgan fingerprint density at radius 1 is 1.31 bits per heavy atom. The normalized spacial score (nSPS) is 11.9. The molecule has 0 aliphatic heterocycles. The van der Waals surface area contributed by atoms with Crippen LogP contribution in [0.15, 0.2) is 24.3 Å². The molecule has 5 heteroatoms. The van der Waals surface area contributed by atoms with E-state index in [1.807, 2.05) is 0 Å². The fraction of sp³-hybridized carbons (Fsp3) is 0.273. The smallest absolute Gasteiger partial charge is 0.338 e. The maximum absolute atomic E-state index is 11.5. The summed E-state index contributed by atoms with van der Waals surface area (Å²) >= 11 is 10.9. The van der Waals surface area contributed by atoms with Crippen molar-refractivity contribution >= 4 is 34.4 Å². The van der Waals surface area contributed by atoms with Crippen LogP contribution in [0.2, 0.25) is 5.02 Å². The van der Waals surface area contributed by atoms with Crippen molar-refractivity contribution in [3.63, 3.8) is 0 Å². The maximum Gasteiger partial charge on any atom is 0.338 e. The lowest BCUT2D eigenvalue weighted by atomic mass is 10.2. The zero-order valence-corrected chi connectivity index (χ0v) is 10.1. The highest BCUT2D eigenvalue weighted by Crippen LogP contribution is 2.11. The number of halogens is 2. The first-order chi connectivity index (χ1) is 7.50. The second-order valence-corrected chi connectivity index (χ2v) is 4.12. The fourth-order valence-corrected chi connectivity index (χ4v) is 1.12. The summed E-state index contributed by atoms with van der Waals surface area (Å²) in [6.07, 6.45) is 0. The lowest BCUT2D eigenvalue weighted by Gasteiger charge is -2.07. The molecule has 0 bridgehead atoms. The Morgan fingerprint density at radius 2 is 1.88 bits per heavy atom. The molecule has 0 N–H and O–H groups in total. The SMILES string of the molecule is CC(COC(=O)c1ccc(Cl)cc1)C(=O)Cl. The molecule has 1 atom stereocenters. The number of rotatable bonds is 4. The summed E-state index contributed by atoms with van der Waals surface area (Å²) in [4.78, 5) is 22.2. The Bertz CT molecular complexity index is 387. The molecule has 3 nitrogen and oxygen atoms in total. The Labute approximate surface area is 103 Å². The highest BCUT2D eigenvalue weighted by Gasteiger charge is 2.13. The van der Waals surface area contributed by atoms with Crippen molar-refractivity contribution < 1.29 is 14.3 Å². The highest BCUT2D eigenvalue weighted by atomic mass is 35.5. The number of hydrogen-bond acceptors (Lipinski definition) is 3. The van der Waals surface area contributed by atoms with Crippen LogP contribution in [0.4, 0.5) is 0 Å². The number of hydrogen-bond donors (Lipinski definition) is 0. The lowest BCUT2D eigenvalue weighted by Crippen LogP contribution is -2.16. The third kappa shape index (κ3) is 3.83. The predicted molar refractivity (Wildman–Crippen MR) is 61.8 cm³/mol. The first kappa shape index (κ1) is 13.0. The predicted octanol–water partition coefficient (Wildman–Crippen LogP) is 2.90. The van der Waals surface area contributed by atoms with Gasteiger partial charge in [0.05, 0.1) is 11.5 Å². The van der Waals surface area contributed by atoms with Gasteiger partial charge in [-0.2, -0.15) is 0 Å². The van der Waals surface area contributed by atoms with Crippen molar-refractivity contribution in [1.29, 1.82) is 0 Å². The van der Waals surface area contributed by atoms with Crippen molar-refractivity contribution in [2.24, 2.45) is 5.92 Å². The lowest BCUT2D eigenvalue weighted by molar-refractivity contribution is -0.115. The second-order valence-electron chi connectivity index (χ2n) is 3.31. The van der Waals surface area contributed by atoms with Crippen molar-refractivity contribution in [3.8, 4) is 0 Å². The molecule has 0 amide bonds. The average Bonchev–Trinajstić information content (AvgIpc) is 2.26. The summed E-state index contributed by atoms with van der Waals surface area (Å²) in [6, 6.07) is 6.29. The second kappa shape index (κ2) is 5.87. The number of carbonyl (C=O) groups excluding carboxylic acids is 2. The first-order valence-electron chi connectivity index (χ1n) is 4.62. The Hall–Kier alpha value is -1.06. The number of carbonyl (C=O) groups is 2. The molecular formula is C11H10Cl2O3. The molecule has 0 spiro atoms. The van der Waals surface area contributed by atoms with Crippen molar-refractivity contribution in [3.05, 3.63) is 34.9 Å². The molecule has 0 radical (unpaired) electrons. The van der Waals surface area contributed by atoms with E-state index in [2.05, 4.69) is 0 Å². The third-order valence-corrected chi connectivity index (χ3v) is 2.56. The van der Waals surface area contributed by atoms with E-state index in [9.17, 15) is 9.59 Å². The van der Waals surface area contributed by atoms with Crippen LogP contribution in [0.5, 0.6) is 0 Å². The van der Waals surface area contributed by atoms with Crippen LogP contribution < -0.4 is 0 Å². The van der Waals surface area contributed by atoms with Gasteiger partial charge in [-0.15, -0.1) is 0 Å². The van der Waals surface area contributed by atoms with E-state index in [1.54, 1.807) is 31.2 Å². The molecule has 86 valence electrons. The Kier molecular flexibility index (Phi) is 4.77. The Balaban J connectivity index is 2.53. The van der Waals surface area contributed by atoms with Gasteiger partial charge >= 0.3 is 5.97 Å². The summed E-state index contributed by atoms with van der Waals surface area (Å²) < 4.78 is 4.90. The van der Waals surface area contributed by atoms with E-state index in [1.165, 1.54) is 0 Å². The summed E-state index contributed by atoms with van der Waals surface area (Å²) in [6.45, 7) is 1.56. The number of benzene rings is 1. The van der Waals surface area contributed by atoms with Crippen LogP contribution in [0.1, 0.15) is 17.3 Å². The molecule has 0 aliphatic carbocycles. The molecule has 1 unspecified atom stereocenters. The molecular weight excluding hydrogens is 251 g/mol. The zero-order valence-electron chi connectivity index (χ0n) is 8.57. The van der Waals surface area contributed by atoms with Gasteiger partial charge in [-0.3, -0.25) is 4.79 Å². The summed E-state index contributed by atoms with van der Waals surface area (Å²) in [5.74, 6) is -1.00. The first-order valence-corrected chi connectivity index (χ1v) is 5.38. The molecule has 0 saturated carbocycles. The number of esters is 1. The van der Waals surface area contributed by atoms with E-state index < -0.39 is 17.1 Å². The van der Waals surface area contributed by atoms with Gasteiger partial charge in [0.1, 0.15) is 6.61 Å². The molecule has 1 aromatic rings. The van der Waals surface area contributed by atoms with Crippen LogP contribution >= 0.6 is 23.2 Å². The summed E-state index contributed by atoms with van der Waals surface area (Å²) in [5, 5.41) is 0.0183. The minimum Gasteiger partial charge on any atom is -0.461 e. The van der Waals surface area contributed by atoms with Gasteiger partial charge < -0.3 is 4.74 Å². The molecule has 1 rings (SSSR count). The number of ether oxygens (including phenoxy) is 1. The van der Waals surface area contributed by atoms with Crippen LogP contribution in [-0.2, 0) is 9.53 Å². The van der Waals surface area contributed by atoms with Crippen LogP contribution in [0, 0.1) is 5.92 Å². The van der Waals surface area contributed by atoms with Gasteiger partial charge in [0, 0.05) is 5.02 Å². The van der Waals surface area contributed by atoms with Crippen molar-refractivity contribution in [1.82, 2.24) is 0 Å². The van der Waals surface area contributed by atoms with Gasteiger partial charge in [-0.25, -0.2) is 4.79 Å². The van der Waals surface area contributed by atoms with E-state index in [0.717, 1.165) is 0 Å². The quantitative estimate of drug-likeness (QED) is 0.618. The molecule has 1 aromatic carbocycles. The Morgan fingerprint density at radius 3 is 2.38 bits per heavy atom. The zero-order chi connectivity index (χ0) is 12.1. The molecule has 16 heavy (non-hydrogen) atoms. The minimum atomic E-state index is -0.524. The van der Waals surface area contributed by atoms with Crippen LogP contribution in [0.3, 0.4) is 0 Å². The minimum absolute atomic E-state index is 0.0240. The molecule has 0 aromatic heterocycles. The van der Waals surface area contributed by atoms with E-state index in [4.69, 9.17) is 27.9 Å². The standard InChI is InChI=1S/C11H10Cl2O3/c1-7(10(13)14)6-16-11(15)8-2-4-9(12)5-3-8/h2-5,7H,6H2,1H3. The topological polar surface area (TPSA) is 43.4 Å². The monoisotopic (exact) mass is 260 g/mol. The van der Waals surface area contributed by atoms with Crippen molar-refractivity contribution in [2.45, 2.75) is 6.92 Å². The summed E-state index contributed by atoms with van der Waals surface area (Å²) in [5.41, 5.74) is 0.388. The molecule has 0 fully saturated rings. The molecule has 0 heterocycles. The van der Waals surface area contributed by atoms with Gasteiger partial charge in [0.15, 0.2) is 0 Å². The third-order valence-electron chi connectivity index (χ3n) is 1.93. The summed E-state index contributed by atoms with van der Waals surface area (Å²) in [7, 11) is 0. The van der Waals surface area contributed by atoms with Crippen molar-refractivity contribution in [2.75, 3.05) is 6.61 Å².